The highest BCUT2D eigenvalue weighted by atomic mass is 16.3. The van der Waals surface area contributed by atoms with Gasteiger partial charge in [0.1, 0.15) is 11.3 Å². The van der Waals surface area contributed by atoms with E-state index in [1.54, 1.807) is 0 Å². The molecule has 1 aromatic carbocycles. The molecular formula is C14H20O. The van der Waals surface area contributed by atoms with E-state index < -0.39 is 0 Å². The normalized spacial score (nSPS) is 12.0. The first-order chi connectivity index (χ1) is 7.31. The van der Waals surface area contributed by atoms with Crippen molar-refractivity contribution in [2.75, 3.05) is 0 Å². The summed E-state index contributed by atoms with van der Waals surface area (Å²) < 4.78 is 5.72. The minimum Gasteiger partial charge on any atom is -0.461 e. The van der Waals surface area contributed by atoms with Gasteiger partial charge in [-0.05, 0) is 18.6 Å². The molecule has 0 bridgehead atoms. The Morgan fingerprint density at radius 1 is 1.20 bits per heavy atom. The average molecular weight is 204 g/mol. The van der Waals surface area contributed by atoms with E-state index in [1.807, 2.05) is 32.0 Å². The van der Waals surface area contributed by atoms with E-state index in [-0.39, 0.29) is 0 Å². The Balaban J connectivity index is 0.000000531. The van der Waals surface area contributed by atoms with Crippen molar-refractivity contribution in [2.45, 2.75) is 40.0 Å². The maximum absolute atomic E-state index is 5.72. The van der Waals surface area contributed by atoms with E-state index in [4.69, 9.17) is 4.42 Å². The number of furan rings is 1. The van der Waals surface area contributed by atoms with Crippen molar-refractivity contribution in [3.05, 3.63) is 36.1 Å². The van der Waals surface area contributed by atoms with Crippen LogP contribution in [0.3, 0.4) is 0 Å². The molecule has 1 aromatic heterocycles. The van der Waals surface area contributed by atoms with E-state index in [2.05, 4.69) is 26.0 Å². The summed E-state index contributed by atoms with van der Waals surface area (Å²) in [6.07, 6.45) is 1.12. The predicted octanol–water partition coefficient (Wildman–Crippen LogP) is 4.97. The number of fused-ring (bicyclic) bond motifs is 1. The van der Waals surface area contributed by atoms with Crippen molar-refractivity contribution in [3.8, 4) is 0 Å². The monoisotopic (exact) mass is 204 g/mol. The molecule has 0 saturated carbocycles. The first-order valence-corrected chi connectivity index (χ1v) is 5.79. The van der Waals surface area contributed by atoms with Crippen molar-refractivity contribution in [2.24, 2.45) is 0 Å². The summed E-state index contributed by atoms with van der Waals surface area (Å²) in [6, 6.07) is 10.3. The number of hydrogen-bond acceptors (Lipinski definition) is 1. The largest absolute Gasteiger partial charge is 0.461 e. The third-order valence-corrected chi connectivity index (χ3v) is 2.54. The zero-order valence-corrected chi connectivity index (χ0v) is 10.1. The second-order valence-corrected chi connectivity index (χ2v) is 3.50. The molecule has 0 radical (unpaired) electrons. The van der Waals surface area contributed by atoms with Crippen LogP contribution in [0.15, 0.2) is 34.7 Å². The first kappa shape index (κ1) is 11.8. The van der Waals surface area contributed by atoms with E-state index in [9.17, 15) is 0 Å². The summed E-state index contributed by atoms with van der Waals surface area (Å²) in [5.74, 6) is 1.62. The van der Waals surface area contributed by atoms with Gasteiger partial charge >= 0.3 is 0 Å². The van der Waals surface area contributed by atoms with Gasteiger partial charge < -0.3 is 4.42 Å². The number of hydrogen-bond donors (Lipinski definition) is 0. The van der Waals surface area contributed by atoms with Crippen LogP contribution in [0.2, 0.25) is 0 Å². The number of para-hydroxylation sites is 1. The van der Waals surface area contributed by atoms with E-state index >= 15 is 0 Å². The van der Waals surface area contributed by atoms with Gasteiger partial charge in [0.05, 0.1) is 0 Å². The average Bonchev–Trinajstić information content (AvgIpc) is 2.74. The summed E-state index contributed by atoms with van der Waals surface area (Å²) in [4.78, 5) is 0. The molecule has 0 aliphatic rings. The second kappa shape index (κ2) is 5.59. The lowest BCUT2D eigenvalue weighted by atomic mass is 10.1. The quantitative estimate of drug-likeness (QED) is 0.673. The Kier molecular flexibility index (Phi) is 4.41. The minimum atomic E-state index is 0.521. The highest BCUT2D eigenvalue weighted by Crippen LogP contribution is 2.26. The third kappa shape index (κ3) is 2.62. The summed E-state index contributed by atoms with van der Waals surface area (Å²) >= 11 is 0. The second-order valence-electron chi connectivity index (χ2n) is 3.50. The van der Waals surface area contributed by atoms with E-state index in [0.29, 0.717) is 5.92 Å². The van der Waals surface area contributed by atoms with Crippen molar-refractivity contribution in [1.82, 2.24) is 0 Å². The lowest BCUT2D eigenvalue weighted by Crippen LogP contribution is -1.86. The third-order valence-electron chi connectivity index (χ3n) is 2.54. The summed E-state index contributed by atoms with van der Waals surface area (Å²) in [5, 5.41) is 1.21. The molecule has 1 atom stereocenters. The van der Waals surface area contributed by atoms with Gasteiger partial charge in [0.15, 0.2) is 0 Å². The molecule has 2 rings (SSSR count). The molecule has 1 nitrogen and oxygen atoms in total. The van der Waals surface area contributed by atoms with Gasteiger partial charge in [-0.15, -0.1) is 0 Å². The molecule has 0 fully saturated rings. The van der Waals surface area contributed by atoms with Crippen LogP contribution >= 0.6 is 0 Å². The zero-order valence-electron chi connectivity index (χ0n) is 10.1. The molecule has 0 N–H and O–H groups in total. The Morgan fingerprint density at radius 2 is 1.87 bits per heavy atom. The lowest BCUT2D eigenvalue weighted by Gasteiger charge is -2.01. The fourth-order valence-electron chi connectivity index (χ4n) is 1.45. The summed E-state index contributed by atoms with van der Waals surface area (Å²) in [5.41, 5.74) is 0.998. The Labute approximate surface area is 92.1 Å². The molecule has 1 heterocycles. The minimum absolute atomic E-state index is 0.521. The maximum Gasteiger partial charge on any atom is 0.134 e. The van der Waals surface area contributed by atoms with Crippen LogP contribution in [0.25, 0.3) is 11.0 Å². The fourth-order valence-corrected chi connectivity index (χ4v) is 1.45. The van der Waals surface area contributed by atoms with Gasteiger partial charge in [0.2, 0.25) is 0 Å². The van der Waals surface area contributed by atoms with E-state index in [0.717, 1.165) is 17.8 Å². The molecule has 0 amide bonds. The standard InChI is InChI=1S/C12H14O.C2H6/c1-3-9(2)12-8-10-6-4-5-7-11(10)13-12;1-2/h4-9H,3H2,1-2H3;1-2H3. The predicted molar refractivity (Wildman–Crippen MR) is 66.3 cm³/mol. The van der Waals surface area contributed by atoms with Crippen LogP contribution in [-0.2, 0) is 0 Å². The molecule has 0 saturated heterocycles. The van der Waals surface area contributed by atoms with Gasteiger partial charge in [-0.25, -0.2) is 0 Å². The van der Waals surface area contributed by atoms with Crippen LogP contribution in [0, 0.1) is 0 Å². The lowest BCUT2D eigenvalue weighted by molar-refractivity contribution is 0.499. The van der Waals surface area contributed by atoms with Gasteiger partial charge in [-0.2, -0.15) is 0 Å². The van der Waals surface area contributed by atoms with Crippen molar-refractivity contribution < 1.29 is 4.42 Å². The summed E-state index contributed by atoms with van der Waals surface area (Å²) in [6.45, 7) is 8.37. The SMILES string of the molecule is CC.CCC(C)c1cc2ccccc2o1. The smallest absolute Gasteiger partial charge is 0.134 e. The van der Waals surface area contributed by atoms with Crippen LogP contribution < -0.4 is 0 Å². The molecule has 0 aliphatic carbocycles. The maximum atomic E-state index is 5.72. The first-order valence-electron chi connectivity index (χ1n) is 5.79. The Morgan fingerprint density at radius 3 is 2.47 bits per heavy atom. The molecule has 1 unspecified atom stereocenters. The molecule has 0 aliphatic heterocycles. The highest BCUT2D eigenvalue weighted by molar-refractivity contribution is 5.77. The highest BCUT2D eigenvalue weighted by Gasteiger charge is 2.08. The van der Waals surface area contributed by atoms with Crippen LogP contribution in [0.1, 0.15) is 45.8 Å². The van der Waals surface area contributed by atoms with Crippen LogP contribution in [-0.4, -0.2) is 0 Å². The molecule has 0 spiro atoms. The van der Waals surface area contributed by atoms with Gasteiger partial charge in [0.25, 0.3) is 0 Å². The molecule has 2 aromatic rings. The van der Waals surface area contributed by atoms with Crippen molar-refractivity contribution >= 4 is 11.0 Å². The Hall–Kier alpha value is -1.24. The van der Waals surface area contributed by atoms with E-state index in [1.165, 1.54) is 5.39 Å². The van der Waals surface area contributed by atoms with Crippen molar-refractivity contribution in [3.63, 3.8) is 0 Å². The molecular weight excluding hydrogens is 184 g/mol. The summed E-state index contributed by atoms with van der Waals surface area (Å²) in [7, 11) is 0. The van der Waals surface area contributed by atoms with Crippen LogP contribution in [0.4, 0.5) is 0 Å². The fraction of sp³-hybridized carbons (Fsp3) is 0.429. The van der Waals surface area contributed by atoms with Crippen LogP contribution in [0.5, 0.6) is 0 Å². The molecule has 1 heteroatoms. The van der Waals surface area contributed by atoms with Gasteiger partial charge in [-0.1, -0.05) is 45.9 Å². The molecule has 82 valence electrons. The topological polar surface area (TPSA) is 13.1 Å². The van der Waals surface area contributed by atoms with Gasteiger partial charge in [0, 0.05) is 11.3 Å². The number of rotatable bonds is 2. The Bertz CT molecular complexity index is 367. The van der Waals surface area contributed by atoms with Gasteiger partial charge in [-0.3, -0.25) is 0 Å². The molecule has 15 heavy (non-hydrogen) atoms. The zero-order chi connectivity index (χ0) is 11.3. The number of benzene rings is 1. The van der Waals surface area contributed by atoms with Crippen molar-refractivity contribution in [1.29, 1.82) is 0 Å².